The number of carbonyl (C=O) groups excluding carboxylic acids is 1. The first-order chi connectivity index (χ1) is 16.7. The number of anilines is 3. The molecule has 1 unspecified atom stereocenters. The highest BCUT2D eigenvalue weighted by atomic mass is 32.2. The van der Waals surface area contributed by atoms with E-state index in [2.05, 4.69) is 25.1 Å². The molecule has 1 atom stereocenters. The Hall–Kier alpha value is -2.72. The predicted octanol–water partition coefficient (Wildman–Crippen LogP) is 2.88. The maximum atomic E-state index is 13.4. The molecule has 0 bridgehead atoms. The van der Waals surface area contributed by atoms with E-state index in [-0.39, 0.29) is 17.8 Å². The zero-order valence-corrected chi connectivity index (χ0v) is 21.2. The highest BCUT2D eigenvalue weighted by Gasteiger charge is 2.45. The minimum atomic E-state index is -3.24. The maximum absolute atomic E-state index is 13.4. The van der Waals surface area contributed by atoms with E-state index in [9.17, 15) is 13.2 Å². The molecule has 2 aromatic heterocycles. The van der Waals surface area contributed by atoms with Gasteiger partial charge in [0.05, 0.1) is 29.7 Å². The fraction of sp³-hybridized carbons (Fsp3) is 0.560. The van der Waals surface area contributed by atoms with E-state index in [1.807, 2.05) is 19.1 Å². The molecule has 1 aliphatic carbocycles. The Morgan fingerprint density at radius 2 is 1.86 bits per heavy atom. The molecule has 1 amide bonds. The summed E-state index contributed by atoms with van der Waals surface area (Å²) in [5, 5.41) is 2.93. The number of nitrogens with zero attached hydrogens (tertiary/aromatic N) is 4. The van der Waals surface area contributed by atoms with Gasteiger partial charge in [-0.1, -0.05) is 6.07 Å². The summed E-state index contributed by atoms with van der Waals surface area (Å²) in [6.45, 7) is 5.81. The van der Waals surface area contributed by atoms with Gasteiger partial charge in [-0.25, -0.2) is 18.4 Å². The number of hydrogen-bond acceptors (Lipinski definition) is 8. The molecular weight excluding hydrogens is 466 g/mol. The molecule has 4 heterocycles. The number of amides is 1. The third-order valence-electron chi connectivity index (χ3n) is 7.21. The topological polar surface area (TPSA) is 105 Å². The second kappa shape index (κ2) is 9.39. The Morgan fingerprint density at radius 1 is 1.09 bits per heavy atom. The van der Waals surface area contributed by atoms with Crippen LogP contribution in [-0.2, 0) is 20.3 Å². The quantitative estimate of drug-likeness (QED) is 0.647. The van der Waals surface area contributed by atoms with Crippen LogP contribution in [0.3, 0.4) is 0 Å². The van der Waals surface area contributed by atoms with Crippen molar-refractivity contribution in [2.45, 2.75) is 44.5 Å². The Morgan fingerprint density at radius 3 is 2.54 bits per heavy atom. The summed E-state index contributed by atoms with van der Waals surface area (Å²) in [6, 6.07) is 8.90. The Bertz CT molecular complexity index is 1200. The van der Waals surface area contributed by atoms with Gasteiger partial charge in [-0.2, -0.15) is 0 Å². The number of rotatable bonds is 6. The van der Waals surface area contributed by atoms with Crippen molar-refractivity contribution in [3.63, 3.8) is 0 Å². The van der Waals surface area contributed by atoms with Crippen LogP contribution in [0.4, 0.5) is 17.5 Å². The third kappa shape index (κ3) is 5.75. The number of ether oxygens (including phenoxy) is 1. The van der Waals surface area contributed by atoms with Crippen LogP contribution >= 0.6 is 0 Å². The molecule has 1 spiro atoms. The summed E-state index contributed by atoms with van der Waals surface area (Å²) < 4.78 is 29.4. The molecule has 188 valence electrons. The molecule has 1 saturated carbocycles. The van der Waals surface area contributed by atoms with Gasteiger partial charge < -0.3 is 19.9 Å². The van der Waals surface area contributed by atoms with Gasteiger partial charge >= 0.3 is 0 Å². The van der Waals surface area contributed by atoms with Gasteiger partial charge in [-0.05, 0) is 62.3 Å². The van der Waals surface area contributed by atoms with Gasteiger partial charge in [0.2, 0.25) is 0 Å². The molecule has 2 aliphatic heterocycles. The zero-order valence-electron chi connectivity index (χ0n) is 20.4. The highest BCUT2D eigenvalue weighted by molar-refractivity contribution is 7.89. The first-order valence-electron chi connectivity index (χ1n) is 12.3. The van der Waals surface area contributed by atoms with Crippen LogP contribution in [0, 0.1) is 5.41 Å². The standard InChI is InChI=1S/C25H33N5O4S/c1-18-16-30(14-15-34-18)22-5-3-4-21(27-22)28-24(31)20-7-6-19(17-35(2,32)33)26-23(20)29-12-10-25(8-9-25)11-13-29/h3-7,18H,8-17H2,1-2H3,(H,27,28,31). The average molecular weight is 500 g/mol. The molecule has 2 saturated heterocycles. The molecule has 2 aromatic rings. The summed E-state index contributed by atoms with van der Waals surface area (Å²) >= 11 is 0. The maximum Gasteiger partial charge on any atom is 0.260 e. The molecule has 10 heteroatoms. The van der Waals surface area contributed by atoms with Crippen molar-refractivity contribution in [2.24, 2.45) is 5.41 Å². The molecule has 0 radical (unpaired) electrons. The number of nitrogens with one attached hydrogen (secondary N) is 1. The molecule has 5 rings (SSSR count). The first-order valence-corrected chi connectivity index (χ1v) is 14.3. The van der Waals surface area contributed by atoms with Crippen LogP contribution in [0.15, 0.2) is 30.3 Å². The molecule has 0 aromatic carbocycles. The number of morpholine rings is 1. The number of carbonyl (C=O) groups is 1. The molecule has 1 N–H and O–H groups in total. The van der Waals surface area contributed by atoms with E-state index in [4.69, 9.17) is 4.74 Å². The van der Waals surface area contributed by atoms with Crippen LogP contribution in [0.1, 0.15) is 48.7 Å². The zero-order chi connectivity index (χ0) is 24.6. The van der Waals surface area contributed by atoms with E-state index in [0.717, 1.165) is 44.8 Å². The number of sulfone groups is 1. The smallest absolute Gasteiger partial charge is 0.260 e. The van der Waals surface area contributed by atoms with Crippen molar-refractivity contribution in [1.29, 1.82) is 0 Å². The van der Waals surface area contributed by atoms with E-state index in [1.54, 1.807) is 18.2 Å². The number of piperidine rings is 1. The van der Waals surface area contributed by atoms with Gasteiger partial charge in [0.1, 0.15) is 17.5 Å². The average Bonchev–Trinajstić information content (AvgIpc) is 3.57. The second-order valence-corrected chi connectivity index (χ2v) is 12.3. The summed E-state index contributed by atoms with van der Waals surface area (Å²) in [7, 11) is -3.24. The van der Waals surface area contributed by atoms with Crippen LogP contribution in [0.2, 0.25) is 0 Å². The summed E-state index contributed by atoms with van der Waals surface area (Å²) in [6.07, 6.45) is 6.03. The van der Waals surface area contributed by atoms with Crippen molar-refractivity contribution < 1.29 is 17.9 Å². The first kappa shape index (κ1) is 24.0. The van der Waals surface area contributed by atoms with E-state index >= 15 is 0 Å². The van der Waals surface area contributed by atoms with Crippen molar-refractivity contribution >= 4 is 33.2 Å². The summed E-state index contributed by atoms with van der Waals surface area (Å²) in [5.41, 5.74) is 1.36. The van der Waals surface area contributed by atoms with Crippen molar-refractivity contribution in [3.8, 4) is 0 Å². The third-order valence-corrected chi connectivity index (χ3v) is 8.03. The van der Waals surface area contributed by atoms with E-state index in [1.165, 1.54) is 19.1 Å². The van der Waals surface area contributed by atoms with E-state index in [0.29, 0.717) is 34.9 Å². The van der Waals surface area contributed by atoms with Crippen molar-refractivity contribution in [2.75, 3.05) is 54.2 Å². The van der Waals surface area contributed by atoms with Crippen molar-refractivity contribution in [3.05, 3.63) is 41.6 Å². The highest BCUT2D eigenvalue weighted by Crippen LogP contribution is 2.54. The van der Waals surface area contributed by atoms with Crippen LogP contribution in [-0.4, -0.2) is 69.4 Å². The fourth-order valence-electron chi connectivity index (χ4n) is 5.00. The molecule has 3 fully saturated rings. The number of aromatic nitrogens is 2. The van der Waals surface area contributed by atoms with Crippen molar-refractivity contribution in [1.82, 2.24) is 9.97 Å². The van der Waals surface area contributed by atoms with Gasteiger partial charge in [0.15, 0.2) is 9.84 Å². The predicted molar refractivity (Wildman–Crippen MR) is 136 cm³/mol. The SMILES string of the molecule is CC1CN(c2cccc(NC(=O)c3ccc(CS(C)(=O)=O)nc3N3CCC4(CC3)CC4)n2)CCO1. The summed E-state index contributed by atoms with van der Waals surface area (Å²) in [5.74, 6) is 1.36. The largest absolute Gasteiger partial charge is 0.375 e. The summed E-state index contributed by atoms with van der Waals surface area (Å²) in [4.78, 5) is 27.0. The second-order valence-electron chi connectivity index (χ2n) is 10.2. The lowest BCUT2D eigenvalue weighted by molar-refractivity contribution is 0.0529. The lowest BCUT2D eigenvalue weighted by atomic mass is 9.93. The van der Waals surface area contributed by atoms with Crippen LogP contribution < -0.4 is 15.1 Å². The Labute approximate surface area is 206 Å². The fourth-order valence-corrected chi connectivity index (χ4v) is 5.70. The molecule has 9 nitrogen and oxygen atoms in total. The Kier molecular flexibility index (Phi) is 6.43. The van der Waals surface area contributed by atoms with Crippen LogP contribution in [0.5, 0.6) is 0 Å². The van der Waals surface area contributed by atoms with Gasteiger partial charge in [-0.15, -0.1) is 0 Å². The lowest BCUT2D eigenvalue weighted by Gasteiger charge is -2.34. The van der Waals surface area contributed by atoms with E-state index < -0.39 is 9.84 Å². The normalized spacial score (nSPS) is 21.7. The number of hydrogen-bond donors (Lipinski definition) is 1. The Balaban J connectivity index is 1.38. The van der Waals surface area contributed by atoms with Crippen LogP contribution in [0.25, 0.3) is 0 Å². The lowest BCUT2D eigenvalue weighted by Crippen LogP contribution is -2.41. The minimum Gasteiger partial charge on any atom is -0.375 e. The molecule has 3 aliphatic rings. The van der Waals surface area contributed by atoms with Gasteiger partial charge in [0, 0.05) is 32.4 Å². The molecular formula is C25H33N5O4S. The van der Waals surface area contributed by atoms with Gasteiger partial charge in [0.25, 0.3) is 5.91 Å². The monoisotopic (exact) mass is 499 g/mol. The van der Waals surface area contributed by atoms with Gasteiger partial charge in [-0.3, -0.25) is 4.79 Å². The number of pyridine rings is 2. The molecule has 35 heavy (non-hydrogen) atoms. The minimum absolute atomic E-state index is 0.127.